The first-order chi connectivity index (χ1) is 8.69. The van der Waals surface area contributed by atoms with Crippen LogP contribution in [0.25, 0.3) is 0 Å². The van der Waals surface area contributed by atoms with Gasteiger partial charge in [-0.3, -0.25) is 4.90 Å². The summed E-state index contributed by atoms with van der Waals surface area (Å²) < 4.78 is 0. The van der Waals surface area contributed by atoms with Crippen LogP contribution >= 0.6 is 0 Å². The van der Waals surface area contributed by atoms with Crippen molar-refractivity contribution in [3.05, 3.63) is 48.6 Å². The van der Waals surface area contributed by atoms with E-state index in [1.54, 1.807) is 0 Å². The first-order valence-corrected chi connectivity index (χ1v) is 6.85. The summed E-state index contributed by atoms with van der Waals surface area (Å²) in [5.74, 6) is 0. The summed E-state index contributed by atoms with van der Waals surface area (Å²) in [4.78, 5) is 2.54. The predicted octanol–water partition coefficient (Wildman–Crippen LogP) is 2.77. The van der Waals surface area contributed by atoms with Crippen LogP contribution < -0.4 is 5.32 Å². The van der Waals surface area contributed by atoms with Gasteiger partial charge in [-0.25, -0.2) is 0 Å². The fourth-order valence-corrected chi connectivity index (χ4v) is 2.84. The molecule has 1 fully saturated rings. The molecule has 1 aromatic rings. The highest BCUT2D eigenvalue weighted by Crippen LogP contribution is 2.26. The first kappa shape index (κ1) is 13.3. The summed E-state index contributed by atoms with van der Waals surface area (Å²) in [6.07, 6.45) is 3.20. The summed E-state index contributed by atoms with van der Waals surface area (Å²) in [5, 5.41) is 3.73. The van der Waals surface area contributed by atoms with Crippen molar-refractivity contribution in [2.45, 2.75) is 31.8 Å². The van der Waals surface area contributed by atoms with Crippen molar-refractivity contribution in [3.63, 3.8) is 0 Å². The molecular weight excluding hydrogens is 220 g/mol. The Morgan fingerprint density at radius 3 is 2.78 bits per heavy atom. The molecule has 0 spiro atoms. The standard InChI is InChI=1S/C16H24N2/c1-4-11-18-13-16(3,17-12-15(18)5-2)14-9-7-6-8-10-14/h4,6-10,15,17H,1,5,11-13H2,2-3H3. The molecule has 0 radical (unpaired) electrons. The zero-order chi connectivity index (χ0) is 13.0. The highest BCUT2D eigenvalue weighted by Gasteiger charge is 2.35. The molecule has 1 aromatic carbocycles. The topological polar surface area (TPSA) is 15.3 Å². The van der Waals surface area contributed by atoms with E-state index in [1.165, 1.54) is 12.0 Å². The van der Waals surface area contributed by atoms with Crippen LogP contribution in [0.15, 0.2) is 43.0 Å². The molecule has 2 atom stereocenters. The maximum atomic E-state index is 3.88. The van der Waals surface area contributed by atoms with E-state index < -0.39 is 0 Å². The quantitative estimate of drug-likeness (QED) is 0.819. The molecule has 2 unspecified atom stereocenters. The average Bonchev–Trinajstić information content (AvgIpc) is 2.41. The SMILES string of the molecule is C=CCN1CC(C)(c2ccccc2)NCC1CC. The second-order valence-corrected chi connectivity index (χ2v) is 5.36. The Hall–Kier alpha value is -1.12. The lowest BCUT2D eigenvalue weighted by molar-refractivity contribution is 0.0948. The molecule has 2 nitrogen and oxygen atoms in total. The smallest absolute Gasteiger partial charge is 0.0535 e. The molecule has 1 aliphatic rings. The van der Waals surface area contributed by atoms with Gasteiger partial charge in [0, 0.05) is 25.7 Å². The molecule has 1 N–H and O–H groups in total. The molecule has 0 aliphatic carbocycles. The highest BCUT2D eigenvalue weighted by molar-refractivity contribution is 5.25. The van der Waals surface area contributed by atoms with Crippen molar-refractivity contribution in [2.24, 2.45) is 0 Å². The van der Waals surface area contributed by atoms with Crippen LogP contribution in [0.2, 0.25) is 0 Å². The second kappa shape index (κ2) is 5.68. The van der Waals surface area contributed by atoms with E-state index in [2.05, 4.69) is 61.0 Å². The van der Waals surface area contributed by atoms with Crippen LogP contribution in [-0.2, 0) is 5.54 Å². The Balaban J connectivity index is 2.18. The van der Waals surface area contributed by atoms with Crippen LogP contribution in [0.5, 0.6) is 0 Å². The largest absolute Gasteiger partial charge is 0.305 e. The maximum absolute atomic E-state index is 3.88. The van der Waals surface area contributed by atoms with Crippen molar-refractivity contribution in [1.82, 2.24) is 10.2 Å². The molecule has 0 bridgehead atoms. The Morgan fingerprint density at radius 1 is 1.44 bits per heavy atom. The van der Waals surface area contributed by atoms with E-state index in [0.29, 0.717) is 6.04 Å². The van der Waals surface area contributed by atoms with Gasteiger partial charge < -0.3 is 5.32 Å². The van der Waals surface area contributed by atoms with Crippen molar-refractivity contribution in [3.8, 4) is 0 Å². The Bertz CT molecular complexity index is 387. The molecule has 0 amide bonds. The minimum absolute atomic E-state index is 0.0515. The normalized spacial score (nSPS) is 29.1. The average molecular weight is 244 g/mol. The number of rotatable bonds is 4. The van der Waals surface area contributed by atoms with E-state index >= 15 is 0 Å². The summed E-state index contributed by atoms with van der Waals surface area (Å²) >= 11 is 0. The van der Waals surface area contributed by atoms with Crippen molar-refractivity contribution < 1.29 is 0 Å². The second-order valence-electron chi connectivity index (χ2n) is 5.36. The van der Waals surface area contributed by atoms with Gasteiger partial charge in [0.2, 0.25) is 0 Å². The van der Waals surface area contributed by atoms with Gasteiger partial charge in [0.05, 0.1) is 5.54 Å². The minimum Gasteiger partial charge on any atom is -0.305 e. The maximum Gasteiger partial charge on any atom is 0.0535 e. The van der Waals surface area contributed by atoms with Gasteiger partial charge in [0.1, 0.15) is 0 Å². The van der Waals surface area contributed by atoms with Gasteiger partial charge in [0.15, 0.2) is 0 Å². The van der Waals surface area contributed by atoms with Gasteiger partial charge in [0.25, 0.3) is 0 Å². The number of piperazine rings is 1. The molecular formula is C16H24N2. The molecule has 0 aromatic heterocycles. The molecule has 0 saturated carbocycles. The third-order valence-corrected chi connectivity index (χ3v) is 4.01. The van der Waals surface area contributed by atoms with Crippen molar-refractivity contribution >= 4 is 0 Å². The van der Waals surface area contributed by atoms with Gasteiger partial charge in [-0.15, -0.1) is 6.58 Å². The Labute approximate surface area is 111 Å². The Kier molecular flexibility index (Phi) is 4.20. The molecule has 2 rings (SSSR count). The fraction of sp³-hybridized carbons (Fsp3) is 0.500. The molecule has 2 heteroatoms. The van der Waals surface area contributed by atoms with Crippen LogP contribution in [0.3, 0.4) is 0 Å². The van der Waals surface area contributed by atoms with Gasteiger partial charge in [-0.05, 0) is 18.9 Å². The van der Waals surface area contributed by atoms with Gasteiger partial charge in [-0.1, -0.05) is 43.3 Å². The van der Waals surface area contributed by atoms with E-state index in [1.807, 2.05) is 6.08 Å². The van der Waals surface area contributed by atoms with Crippen molar-refractivity contribution in [1.29, 1.82) is 0 Å². The van der Waals surface area contributed by atoms with Gasteiger partial charge in [-0.2, -0.15) is 0 Å². The molecule has 1 aliphatic heterocycles. The Morgan fingerprint density at radius 2 is 2.17 bits per heavy atom. The summed E-state index contributed by atoms with van der Waals surface area (Å²) in [7, 11) is 0. The third-order valence-electron chi connectivity index (χ3n) is 4.01. The summed E-state index contributed by atoms with van der Waals surface area (Å²) in [6.45, 7) is 11.5. The molecule has 98 valence electrons. The van der Waals surface area contributed by atoms with E-state index in [0.717, 1.165) is 19.6 Å². The lowest BCUT2D eigenvalue weighted by Gasteiger charge is -2.46. The monoisotopic (exact) mass is 244 g/mol. The predicted molar refractivity (Wildman–Crippen MR) is 77.6 cm³/mol. The van der Waals surface area contributed by atoms with Crippen molar-refractivity contribution in [2.75, 3.05) is 19.6 Å². The van der Waals surface area contributed by atoms with Crippen LogP contribution in [0.1, 0.15) is 25.8 Å². The summed E-state index contributed by atoms with van der Waals surface area (Å²) in [6, 6.07) is 11.4. The zero-order valence-electron chi connectivity index (χ0n) is 11.5. The fourth-order valence-electron chi connectivity index (χ4n) is 2.84. The zero-order valence-corrected chi connectivity index (χ0v) is 11.5. The molecule has 18 heavy (non-hydrogen) atoms. The number of nitrogens with zero attached hydrogens (tertiary/aromatic N) is 1. The van der Waals surface area contributed by atoms with Crippen LogP contribution in [0.4, 0.5) is 0 Å². The molecule has 1 saturated heterocycles. The van der Waals surface area contributed by atoms with Crippen LogP contribution in [0, 0.1) is 0 Å². The lowest BCUT2D eigenvalue weighted by Crippen LogP contribution is -2.60. The number of hydrogen-bond acceptors (Lipinski definition) is 2. The van der Waals surface area contributed by atoms with Gasteiger partial charge >= 0.3 is 0 Å². The van der Waals surface area contributed by atoms with E-state index in [-0.39, 0.29) is 5.54 Å². The number of nitrogens with one attached hydrogen (secondary N) is 1. The van der Waals surface area contributed by atoms with Crippen LogP contribution in [-0.4, -0.2) is 30.6 Å². The summed E-state index contributed by atoms with van der Waals surface area (Å²) in [5.41, 5.74) is 1.42. The minimum atomic E-state index is 0.0515. The first-order valence-electron chi connectivity index (χ1n) is 6.85. The number of benzene rings is 1. The number of hydrogen-bond donors (Lipinski definition) is 1. The van der Waals surface area contributed by atoms with E-state index in [4.69, 9.17) is 0 Å². The highest BCUT2D eigenvalue weighted by atomic mass is 15.2. The lowest BCUT2D eigenvalue weighted by atomic mass is 9.88. The third kappa shape index (κ3) is 2.65. The molecule has 1 heterocycles. The van der Waals surface area contributed by atoms with E-state index in [9.17, 15) is 0 Å².